The monoisotopic (exact) mass is 508 g/mol. The number of hydrogen-bond acceptors (Lipinski definition) is 4. The van der Waals surface area contributed by atoms with Crippen molar-refractivity contribution in [2.45, 2.75) is 117 Å². The third kappa shape index (κ3) is 15.9. The van der Waals surface area contributed by atoms with Crippen LogP contribution in [-0.4, -0.2) is 49.9 Å². The van der Waals surface area contributed by atoms with Crippen molar-refractivity contribution >= 4 is 14.5 Å². The van der Waals surface area contributed by atoms with E-state index in [9.17, 15) is 0 Å². The van der Waals surface area contributed by atoms with E-state index in [0.717, 1.165) is 6.42 Å². The van der Waals surface area contributed by atoms with Crippen LogP contribution in [0.3, 0.4) is 0 Å². The molecule has 0 fully saturated rings. The summed E-state index contributed by atoms with van der Waals surface area (Å²) in [6, 6.07) is 6.84. The highest BCUT2D eigenvalue weighted by atomic mass is 28.3. The molecule has 0 N–H and O–H groups in total. The average Bonchev–Trinajstić information content (AvgIpc) is 2.87. The summed E-state index contributed by atoms with van der Waals surface area (Å²) in [5.41, 5.74) is 3.03. The lowest BCUT2D eigenvalue weighted by Crippen LogP contribution is -2.41. The standard InChI is InChI=1S/C30H56O4Si/c1-5-7-9-11-13-15-17-20-28-21-19-23-30(29(28)22-18-16-14-12-10-8-6-2)35(33-26-24-31-3)34-27-25-32-4/h19,21,23,35H,5-18,20,22,24-27H2,1-4H3. The van der Waals surface area contributed by atoms with Crippen LogP contribution in [0.4, 0.5) is 0 Å². The van der Waals surface area contributed by atoms with E-state index >= 15 is 0 Å². The van der Waals surface area contributed by atoms with Gasteiger partial charge in [-0.25, -0.2) is 0 Å². The summed E-state index contributed by atoms with van der Waals surface area (Å²) in [5.74, 6) is 0. The minimum atomic E-state index is -2.02. The van der Waals surface area contributed by atoms with Crippen LogP contribution in [0.25, 0.3) is 0 Å². The molecule has 0 aliphatic rings. The first-order chi connectivity index (χ1) is 17.3. The van der Waals surface area contributed by atoms with Gasteiger partial charge in [-0.05, 0) is 42.0 Å². The molecule has 0 aliphatic heterocycles. The van der Waals surface area contributed by atoms with E-state index in [-0.39, 0.29) is 0 Å². The van der Waals surface area contributed by atoms with Crippen molar-refractivity contribution in [1.82, 2.24) is 0 Å². The van der Waals surface area contributed by atoms with E-state index in [4.69, 9.17) is 18.3 Å². The van der Waals surface area contributed by atoms with Gasteiger partial charge in [0.1, 0.15) is 0 Å². The third-order valence-corrected chi connectivity index (χ3v) is 8.88. The van der Waals surface area contributed by atoms with E-state index in [1.807, 2.05) is 0 Å². The second-order valence-electron chi connectivity index (χ2n) is 9.79. The summed E-state index contributed by atoms with van der Waals surface area (Å²) < 4.78 is 23.1. The molecule has 0 amide bonds. The maximum atomic E-state index is 6.30. The van der Waals surface area contributed by atoms with Gasteiger partial charge >= 0.3 is 9.28 Å². The van der Waals surface area contributed by atoms with Crippen LogP contribution in [0, 0.1) is 0 Å². The maximum absolute atomic E-state index is 6.30. The molecule has 5 heteroatoms. The second-order valence-corrected chi connectivity index (χ2v) is 11.7. The van der Waals surface area contributed by atoms with Crippen molar-refractivity contribution in [3.05, 3.63) is 29.3 Å². The predicted octanol–water partition coefficient (Wildman–Crippen LogP) is 7.03. The van der Waals surface area contributed by atoms with Crippen LogP contribution in [0.1, 0.15) is 115 Å². The van der Waals surface area contributed by atoms with E-state index in [1.165, 1.54) is 113 Å². The molecule has 0 aliphatic carbocycles. The van der Waals surface area contributed by atoms with Crippen LogP contribution in [0.5, 0.6) is 0 Å². The molecule has 0 radical (unpaired) electrons. The maximum Gasteiger partial charge on any atom is 0.356 e. The molecule has 1 rings (SSSR count). The first-order valence-corrected chi connectivity index (χ1v) is 16.1. The first-order valence-electron chi connectivity index (χ1n) is 14.6. The summed E-state index contributed by atoms with van der Waals surface area (Å²) in [6.07, 6.45) is 21.1. The van der Waals surface area contributed by atoms with E-state index in [2.05, 4.69) is 32.0 Å². The Hall–Kier alpha value is -0.723. The minimum Gasteiger partial charge on any atom is -0.391 e. The van der Waals surface area contributed by atoms with Crippen LogP contribution < -0.4 is 5.19 Å². The van der Waals surface area contributed by atoms with Crippen molar-refractivity contribution < 1.29 is 18.3 Å². The predicted molar refractivity (Wildman–Crippen MR) is 152 cm³/mol. The van der Waals surface area contributed by atoms with E-state index in [1.54, 1.807) is 14.2 Å². The fourth-order valence-corrected chi connectivity index (χ4v) is 6.61. The second kappa shape index (κ2) is 23.7. The Balaban J connectivity index is 2.84. The Bertz CT molecular complexity index is 586. The summed E-state index contributed by atoms with van der Waals surface area (Å²) >= 11 is 0. The van der Waals surface area contributed by atoms with Gasteiger partial charge in [-0.15, -0.1) is 0 Å². The number of rotatable bonds is 25. The molecule has 1 aromatic carbocycles. The zero-order chi connectivity index (χ0) is 25.4. The number of benzene rings is 1. The number of ether oxygens (including phenoxy) is 2. The molecule has 0 bridgehead atoms. The van der Waals surface area contributed by atoms with Crippen molar-refractivity contribution in [3.63, 3.8) is 0 Å². The number of methoxy groups -OCH3 is 2. The molecule has 204 valence electrons. The largest absolute Gasteiger partial charge is 0.391 e. The van der Waals surface area contributed by atoms with Crippen LogP contribution >= 0.6 is 0 Å². The van der Waals surface area contributed by atoms with Gasteiger partial charge in [-0.2, -0.15) is 0 Å². The molecule has 4 nitrogen and oxygen atoms in total. The SMILES string of the molecule is CCCCCCCCCc1cccc([SiH](OCCOC)OCCOC)c1CCCCCCCCC. The number of unbranched alkanes of at least 4 members (excludes halogenated alkanes) is 12. The zero-order valence-corrected chi connectivity index (χ0v) is 24.7. The Morgan fingerprint density at radius 3 is 1.57 bits per heavy atom. The minimum absolute atomic E-state index is 0.583. The van der Waals surface area contributed by atoms with Gasteiger partial charge in [-0.3, -0.25) is 0 Å². The summed E-state index contributed by atoms with van der Waals surface area (Å²) in [7, 11) is 1.43. The van der Waals surface area contributed by atoms with Crippen molar-refractivity contribution in [3.8, 4) is 0 Å². The molecule has 0 saturated heterocycles. The fourth-order valence-electron chi connectivity index (χ4n) is 4.65. The van der Waals surface area contributed by atoms with Gasteiger partial charge in [0.25, 0.3) is 0 Å². The molecule has 0 unspecified atom stereocenters. The van der Waals surface area contributed by atoms with Crippen LogP contribution in [-0.2, 0) is 31.2 Å². The molecule has 0 saturated carbocycles. The number of hydrogen-bond donors (Lipinski definition) is 0. The lowest BCUT2D eigenvalue weighted by molar-refractivity contribution is 0.104. The summed E-state index contributed by atoms with van der Waals surface area (Å²) in [6.45, 7) is 6.93. The summed E-state index contributed by atoms with van der Waals surface area (Å²) in [4.78, 5) is 0. The lowest BCUT2D eigenvalue weighted by atomic mass is 9.96. The first kappa shape index (κ1) is 32.3. The lowest BCUT2D eigenvalue weighted by Gasteiger charge is -2.22. The highest BCUT2D eigenvalue weighted by Gasteiger charge is 2.22. The van der Waals surface area contributed by atoms with Crippen molar-refractivity contribution in [2.75, 3.05) is 40.6 Å². The van der Waals surface area contributed by atoms with E-state index < -0.39 is 9.28 Å². The van der Waals surface area contributed by atoms with Crippen molar-refractivity contribution in [2.24, 2.45) is 0 Å². The third-order valence-electron chi connectivity index (χ3n) is 6.76. The quantitative estimate of drug-likeness (QED) is 0.105. The zero-order valence-electron chi connectivity index (χ0n) is 23.6. The Labute approximate surface area is 219 Å². The van der Waals surface area contributed by atoms with Gasteiger partial charge in [0.05, 0.1) is 26.4 Å². The Morgan fingerprint density at radius 2 is 1.06 bits per heavy atom. The van der Waals surface area contributed by atoms with Crippen LogP contribution in [0.15, 0.2) is 18.2 Å². The van der Waals surface area contributed by atoms with Gasteiger partial charge in [0.2, 0.25) is 0 Å². The highest BCUT2D eigenvalue weighted by Crippen LogP contribution is 2.18. The smallest absolute Gasteiger partial charge is 0.356 e. The molecule has 0 heterocycles. The molecule has 1 aromatic rings. The molecule has 0 aromatic heterocycles. The Kier molecular flexibility index (Phi) is 21.8. The fraction of sp³-hybridized carbons (Fsp3) is 0.800. The molecule has 0 atom stereocenters. The topological polar surface area (TPSA) is 36.9 Å². The normalized spacial score (nSPS) is 11.6. The van der Waals surface area contributed by atoms with Gasteiger partial charge in [0.15, 0.2) is 0 Å². The highest BCUT2D eigenvalue weighted by molar-refractivity contribution is 6.61. The van der Waals surface area contributed by atoms with Crippen molar-refractivity contribution in [1.29, 1.82) is 0 Å². The average molecular weight is 509 g/mol. The molecular formula is C30H56O4Si. The van der Waals surface area contributed by atoms with Gasteiger partial charge < -0.3 is 18.3 Å². The summed E-state index contributed by atoms with van der Waals surface area (Å²) in [5, 5.41) is 1.34. The number of aryl methyl sites for hydroxylation is 1. The molecule has 0 spiro atoms. The van der Waals surface area contributed by atoms with E-state index in [0.29, 0.717) is 26.4 Å². The Morgan fingerprint density at radius 1 is 0.571 bits per heavy atom. The molecular weight excluding hydrogens is 452 g/mol. The van der Waals surface area contributed by atoms with Crippen LogP contribution in [0.2, 0.25) is 0 Å². The molecule has 35 heavy (non-hydrogen) atoms. The van der Waals surface area contributed by atoms with Gasteiger partial charge in [0, 0.05) is 14.2 Å². The van der Waals surface area contributed by atoms with Gasteiger partial charge in [-0.1, -0.05) is 109 Å².